The number of hydrogen-bond acceptors (Lipinski definition) is 4. The Hall–Kier alpha value is -0.870. The van der Waals surface area contributed by atoms with Crippen molar-refractivity contribution in [1.82, 2.24) is 9.97 Å². The highest BCUT2D eigenvalue weighted by molar-refractivity contribution is 6.18. The summed E-state index contributed by atoms with van der Waals surface area (Å²) in [6.45, 7) is 3.61. The lowest BCUT2D eigenvalue weighted by Gasteiger charge is -2.35. The first-order valence-electron chi connectivity index (χ1n) is 5.03. The molecule has 82 valence electrons. The third-order valence-electron chi connectivity index (χ3n) is 2.33. The summed E-state index contributed by atoms with van der Waals surface area (Å²) >= 11 is 5.81. The van der Waals surface area contributed by atoms with E-state index < -0.39 is 0 Å². The first kappa shape index (κ1) is 10.6. The zero-order valence-corrected chi connectivity index (χ0v) is 9.39. The largest absolute Gasteiger partial charge is 0.370 e. The van der Waals surface area contributed by atoms with Crippen LogP contribution in [-0.4, -0.2) is 41.1 Å². The van der Waals surface area contributed by atoms with E-state index in [4.69, 9.17) is 16.3 Å². The fourth-order valence-electron chi connectivity index (χ4n) is 1.75. The Labute approximate surface area is 94.2 Å². The maximum atomic E-state index is 5.81. The minimum absolute atomic E-state index is 0.0687. The number of halogens is 1. The lowest BCUT2D eigenvalue weighted by atomic mass is 10.2. The molecule has 0 amide bonds. The summed E-state index contributed by atoms with van der Waals surface area (Å²) in [5, 5.41) is 0. The molecule has 0 saturated carbocycles. The van der Waals surface area contributed by atoms with Crippen LogP contribution in [0.3, 0.4) is 0 Å². The quantitative estimate of drug-likeness (QED) is 0.715. The average molecular weight is 228 g/mol. The van der Waals surface area contributed by atoms with E-state index in [1.165, 1.54) is 0 Å². The zero-order valence-electron chi connectivity index (χ0n) is 8.64. The van der Waals surface area contributed by atoms with Gasteiger partial charge in [-0.15, -0.1) is 11.6 Å². The third kappa shape index (κ3) is 2.58. The molecule has 1 aromatic rings. The second-order valence-electron chi connectivity index (χ2n) is 3.68. The van der Waals surface area contributed by atoms with Gasteiger partial charge in [-0.25, -0.2) is 9.97 Å². The van der Waals surface area contributed by atoms with E-state index in [-0.39, 0.29) is 12.2 Å². The summed E-state index contributed by atoms with van der Waals surface area (Å²) in [4.78, 5) is 10.6. The van der Waals surface area contributed by atoms with Crippen molar-refractivity contribution in [2.75, 3.05) is 23.9 Å². The van der Waals surface area contributed by atoms with Gasteiger partial charge in [0.1, 0.15) is 0 Å². The van der Waals surface area contributed by atoms with Crippen molar-refractivity contribution in [2.45, 2.75) is 19.1 Å². The van der Waals surface area contributed by atoms with Crippen LogP contribution in [0, 0.1) is 0 Å². The molecule has 1 aliphatic heterocycles. The number of ether oxygens (including phenoxy) is 1. The molecule has 2 heterocycles. The van der Waals surface area contributed by atoms with Gasteiger partial charge in [-0.2, -0.15) is 0 Å². The van der Waals surface area contributed by atoms with Crippen LogP contribution in [0.25, 0.3) is 0 Å². The molecule has 0 bridgehead atoms. The van der Waals surface area contributed by atoms with E-state index in [0.717, 1.165) is 19.0 Å². The highest BCUT2D eigenvalue weighted by Crippen LogP contribution is 2.16. The van der Waals surface area contributed by atoms with Gasteiger partial charge in [0.05, 0.1) is 18.1 Å². The van der Waals surface area contributed by atoms with Crippen molar-refractivity contribution in [3.63, 3.8) is 0 Å². The molecular weight excluding hydrogens is 214 g/mol. The van der Waals surface area contributed by atoms with Crippen molar-refractivity contribution in [2.24, 2.45) is 0 Å². The Morgan fingerprint density at radius 2 is 2.20 bits per heavy atom. The van der Waals surface area contributed by atoms with Gasteiger partial charge >= 0.3 is 0 Å². The summed E-state index contributed by atoms with van der Waals surface area (Å²) in [7, 11) is 0. The van der Waals surface area contributed by atoms with Crippen molar-refractivity contribution < 1.29 is 4.74 Å². The molecule has 0 spiro atoms. The molecule has 1 fully saturated rings. The minimum Gasteiger partial charge on any atom is -0.370 e. The maximum Gasteiger partial charge on any atom is 0.225 e. The number of morpholine rings is 1. The highest BCUT2D eigenvalue weighted by atomic mass is 35.5. The van der Waals surface area contributed by atoms with Gasteiger partial charge in [0, 0.05) is 25.5 Å². The fraction of sp³-hybridized carbons (Fsp3) is 0.600. The first-order valence-corrected chi connectivity index (χ1v) is 5.56. The van der Waals surface area contributed by atoms with Gasteiger partial charge in [-0.05, 0) is 13.0 Å². The van der Waals surface area contributed by atoms with Crippen LogP contribution in [0.15, 0.2) is 18.5 Å². The van der Waals surface area contributed by atoms with Crippen molar-refractivity contribution in [3.05, 3.63) is 18.5 Å². The third-order valence-corrected chi connectivity index (χ3v) is 2.68. The van der Waals surface area contributed by atoms with Crippen LogP contribution >= 0.6 is 11.6 Å². The Bertz CT molecular complexity index is 309. The zero-order chi connectivity index (χ0) is 10.7. The first-order chi connectivity index (χ1) is 7.29. The van der Waals surface area contributed by atoms with E-state index in [1.54, 1.807) is 12.4 Å². The molecule has 1 aromatic heterocycles. The fourth-order valence-corrected chi connectivity index (χ4v) is 1.92. The normalized spacial score (nSPS) is 26.7. The molecular formula is C10H14ClN3O. The molecule has 1 aliphatic rings. The van der Waals surface area contributed by atoms with Crippen molar-refractivity contribution in [3.8, 4) is 0 Å². The highest BCUT2D eigenvalue weighted by Gasteiger charge is 2.25. The second kappa shape index (κ2) is 4.77. The number of anilines is 1. The molecule has 0 aliphatic carbocycles. The van der Waals surface area contributed by atoms with Gasteiger partial charge in [-0.1, -0.05) is 0 Å². The van der Waals surface area contributed by atoms with Gasteiger partial charge in [0.2, 0.25) is 5.95 Å². The molecule has 0 N–H and O–H groups in total. The smallest absolute Gasteiger partial charge is 0.225 e. The molecule has 0 aromatic carbocycles. The lowest BCUT2D eigenvalue weighted by molar-refractivity contribution is -0.00383. The van der Waals surface area contributed by atoms with E-state index in [0.29, 0.717) is 5.88 Å². The Balaban J connectivity index is 2.09. The van der Waals surface area contributed by atoms with E-state index >= 15 is 0 Å². The summed E-state index contributed by atoms with van der Waals surface area (Å²) in [5.41, 5.74) is 0. The van der Waals surface area contributed by atoms with E-state index in [1.807, 2.05) is 13.0 Å². The molecule has 15 heavy (non-hydrogen) atoms. The van der Waals surface area contributed by atoms with E-state index in [2.05, 4.69) is 14.9 Å². The van der Waals surface area contributed by atoms with Crippen molar-refractivity contribution in [1.29, 1.82) is 0 Å². The van der Waals surface area contributed by atoms with Crippen molar-refractivity contribution >= 4 is 17.5 Å². The predicted molar refractivity (Wildman–Crippen MR) is 59.3 cm³/mol. The van der Waals surface area contributed by atoms with Crippen LogP contribution in [0.5, 0.6) is 0 Å². The number of alkyl halides is 1. The van der Waals surface area contributed by atoms with Gasteiger partial charge < -0.3 is 9.64 Å². The van der Waals surface area contributed by atoms with Crippen LogP contribution < -0.4 is 4.90 Å². The van der Waals surface area contributed by atoms with Gasteiger partial charge in [0.15, 0.2) is 0 Å². The van der Waals surface area contributed by atoms with Crippen LogP contribution in [-0.2, 0) is 4.74 Å². The van der Waals surface area contributed by atoms with Crippen LogP contribution in [0.2, 0.25) is 0 Å². The molecule has 2 rings (SSSR count). The lowest BCUT2D eigenvalue weighted by Crippen LogP contribution is -2.48. The molecule has 0 radical (unpaired) electrons. The molecule has 5 heteroatoms. The summed E-state index contributed by atoms with van der Waals surface area (Å²) in [6.07, 6.45) is 3.74. The molecule has 4 nitrogen and oxygen atoms in total. The monoisotopic (exact) mass is 227 g/mol. The summed E-state index contributed by atoms with van der Waals surface area (Å²) in [5.74, 6) is 1.26. The van der Waals surface area contributed by atoms with E-state index in [9.17, 15) is 0 Å². The Morgan fingerprint density at radius 3 is 2.87 bits per heavy atom. The Kier molecular flexibility index (Phi) is 3.38. The van der Waals surface area contributed by atoms with Gasteiger partial charge in [-0.3, -0.25) is 0 Å². The molecule has 2 atom stereocenters. The Morgan fingerprint density at radius 1 is 1.47 bits per heavy atom. The predicted octanol–water partition coefficient (Wildman–Crippen LogP) is 1.31. The number of hydrogen-bond donors (Lipinski definition) is 0. The topological polar surface area (TPSA) is 38.2 Å². The second-order valence-corrected chi connectivity index (χ2v) is 3.99. The summed E-state index contributed by atoms with van der Waals surface area (Å²) in [6, 6.07) is 1.81. The molecule has 2 unspecified atom stereocenters. The minimum atomic E-state index is 0.0687. The number of nitrogens with zero attached hydrogens (tertiary/aromatic N) is 3. The molecule has 1 saturated heterocycles. The van der Waals surface area contributed by atoms with Crippen LogP contribution in [0.4, 0.5) is 5.95 Å². The maximum absolute atomic E-state index is 5.81. The summed E-state index contributed by atoms with van der Waals surface area (Å²) < 4.78 is 5.66. The van der Waals surface area contributed by atoms with Crippen LogP contribution in [0.1, 0.15) is 6.92 Å². The average Bonchev–Trinajstić information content (AvgIpc) is 2.29. The standard InChI is InChI=1S/C10H14ClN3O/c1-8-6-14(7-9(5-11)15-8)10-12-3-2-4-13-10/h2-4,8-9H,5-7H2,1H3. The van der Waals surface area contributed by atoms with Gasteiger partial charge in [0.25, 0.3) is 0 Å². The number of rotatable bonds is 2. The number of aromatic nitrogens is 2. The SMILES string of the molecule is CC1CN(c2ncccn2)CC(CCl)O1.